The van der Waals surface area contributed by atoms with Gasteiger partial charge in [-0.15, -0.1) is 0 Å². The van der Waals surface area contributed by atoms with Crippen molar-refractivity contribution in [1.82, 2.24) is 19.3 Å². The standard InChI is InChI=1S/C13H16BrN5/c1-2-17-7-8-18-12(14)11(15-13(17)18)10-5-6-19(16-10)9-3-4-9/h5-6,9H,2-4,7-8H2,1H3. The zero-order valence-corrected chi connectivity index (χ0v) is 12.5. The molecule has 0 bridgehead atoms. The number of aromatic nitrogens is 4. The lowest BCUT2D eigenvalue weighted by Gasteiger charge is -2.11. The van der Waals surface area contributed by atoms with E-state index in [1.807, 2.05) is 0 Å². The van der Waals surface area contributed by atoms with Gasteiger partial charge in [0.15, 0.2) is 0 Å². The Morgan fingerprint density at radius 2 is 2.21 bits per heavy atom. The van der Waals surface area contributed by atoms with Crippen molar-refractivity contribution in [3.63, 3.8) is 0 Å². The lowest BCUT2D eigenvalue weighted by Crippen LogP contribution is -2.20. The third-order valence-corrected chi connectivity index (χ3v) is 4.72. The molecule has 3 heterocycles. The lowest BCUT2D eigenvalue weighted by atomic mass is 10.3. The zero-order valence-electron chi connectivity index (χ0n) is 10.9. The Kier molecular flexibility index (Phi) is 2.48. The monoisotopic (exact) mass is 321 g/mol. The van der Waals surface area contributed by atoms with E-state index in [1.165, 1.54) is 12.8 Å². The summed E-state index contributed by atoms with van der Waals surface area (Å²) in [5.74, 6) is 1.06. The van der Waals surface area contributed by atoms with Gasteiger partial charge in [-0.2, -0.15) is 5.10 Å². The van der Waals surface area contributed by atoms with Gasteiger partial charge in [-0.3, -0.25) is 4.68 Å². The summed E-state index contributed by atoms with van der Waals surface area (Å²) in [7, 11) is 0. The minimum absolute atomic E-state index is 0.620. The van der Waals surface area contributed by atoms with E-state index in [-0.39, 0.29) is 0 Å². The number of rotatable bonds is 3. The zero-order chi connectivity index (χ0) is 13.0. The van der Waals surface area contributed by atoms with Crippen LogP contribution < -0.4 is 4.90 Å². The second-order valence-electron chi connectivity index (χ2n) is 5.19. The molecule has 0 saturated heterocycles. The van der Waals surface area contributed by atoms with Crippen LogP contribution in [0.1, 0.15) is 25.8 Å². The van der Waals surface area contributed by atoms with Crippen LogP contribution in [-0.4, -0.2) is 32.4 Å². The van der Waals surface area contributed by atoms with Gasteiger partial charge in [0.1, 0.15) is 16.0 Å². The molecule has 1 saturated carbocycles. The van der Waals surface area contributed by atoms with Gasteiger partial charge in [0.05, 0.1) is 6.04 Å². The van der Waals surface area contributed by atoms with E-state index in [2.05, 4.69) is 54.4 Å². The molecular weight excluding hydrogens is 306 g/mol. The van der Waals surface area contributed by atoms with Crippen molar-refractivity contribution in [2.45, 2.75) is 32.4 Å². The maximum Gasteiger partial charge on any atom is 0.207 e. The normalized spacial score (nSPS) is 18.1. The predicted molar refractivity (Wildman–Crippen MR) is 77.3 cm³/mol. The van der Waals surface area contributed by atoms with Gasteiger partial charge >= 0.3 is 0 Å². The molecule has 4 rings (SSSR count). The van der Waals surface area contributed by atoms with Crippen LogP contribution in [0.15, 0.2) is 16.9 Å². The maximum absolute atomic E-state index is 4.77. The Bertz CT molecular complexity index is 625. The summed E-state index contributed by atoms with van der Waals surface area (Å²) in [5.41, 5.74) is 1.93. The molecule has 0 spiro atoms. The summed E-state index contributed by atoms with van der Waals surface area (Å²) in [4.78, 5) is 7.07. The molecule has 2 aromatic heterocycles. The number of halogens is 1. The Hall–Kier alpha value is -1.30. The van der Waals surface area contributed by atoms with Crippen LogP contribution in [0.25, 0.3) is 11.4 Å². The average molecular weight is 322 g/mol. The first kappa shape index (κ1) is 11.5. The van der Waals surface area contributed by atoms with Crippen molar-refractivity contribution in [2.24, 2.45) is 0 Å². The molecule has 19 heavy (non-hydrogen) atoms. The van der Waals surface area contributed by atoms with Crippen molar-refractivity contribution in [3.05, 3.63) is 16.9 Å². The Morgan fingerprint density at radius 3 is 2.95 bits per heavy atom. The summed E-state index contributed by atoms with van der Waals surface area (Å²) < 4.78 is 5.36. The van der Waals surface area contributed by atoms with Gasteiger partial charge in [0.25, 0.3) is 0 Å². The molecule has 0 atom stereocenters. The minimum Gasteiger partial charge on any atom is -0.341 e. The number of likely N-dealkylation sites (N-methyl/N-ethyl adjacent to an activating group) is 1. The molecule has 1 aliphatic heterocycles. The molecule has 2 aliphatic rings. The number of fused-ring (bicyclic) bond motifs is 1. The Balaban J connectivity index is 1.74. The molecule has 0 unspecified atom stereocenters. The quantitative estimate of drug-likeness (QED) is 0.872. The van der Waals surface area contributed by atoms with Crippen LogP contribution in [0.5, 0.6) is 0 Å². The maximum atomic E-state index is 4.77. The van der Waals surface area contributed by atoms with Crippen molar-refractivity contribution >= 4 is 21.9 Å². The van der Waals surface area contributed by atoms with E-state index in [0.29, 0.717) is 6.04 Å². The molecular formula is C13H16BrN5. The number of imidazole rings is 1. The van der Waals surface area contributed by atoms with Crippen LogP contribution in [0.4, 0.5) is 5.95 Å². The topological polar surface area (TPSA) is 38.9 Å². The molecule has 0 amide bonds. The first-order chi connectivity index (χ1) is 9.28. The minimum atomic E-state index is 0.620. The van der Waals surface area contributed by atoms with Gasteiger partial charge in [-0.05, 0) is 41.8 Å². The van der Waals surface area contributed by atoms with E-state index < -0.39 is 0 Å². The van der Waals surface area contributed by atoms with Crippen LogP contribution in [0.2, 0.25) is 0 Å². The summed E-state index contributed by atoms with van der Waals surface area (Å²) in [6, 6.07) is 2.69. The van der Waals surface area contributed by atoms with Crippen molar-refractivity contribution in [3.8, 4) is 11.4 Å². The van der Waals surface area contributed by atoms with Gasteiger partial charge in [0, 0.05) is 25.8 Å². The van der Waals surface area contributed by atoms with Gasteiger partial charge in [-0.1, -0.05) is 0 Å². The summed E-state index contributed by atoms with van der Waals surface area (Å²) in [5, 5.41) is 4.66. The lowest BCUT2D eigenvalue weighted by molar-refractivity contribution is 0.643. The summed E-state index contributed by atoms with van der Waals surface area (Å²) in [6.07, 6.45) is 4.58. The fourth-order valence-corrected chi connectivity index (χ4v) is 3.28. The highest BCUT2D eigenvalue weighted by atomic mass is 79.9. The second kappa shape index (κ2) is 4.10. The van der Waals surface area contributed by atoms with Crippen LogP contribution in [0.3, 0.4) is 0 Å². The third-order valence-electron chi connectivity index (χ3n) is 3.92. The van der Waals surface area contributed by atoms with E-state index >= 15 is 0 Å². The van der Waals surface area contributed by atoms with Crippen molar-refractivity contribution in [2.75, 3.05) is 18.0 Å². The number of hydrogen-bond acceptors (Lipinski definition) is 3. The first-order valence-corrected chi connectivity index (χ1v) is 7.63. The number of nitrogens with zero attached hydrogens (tertiary/aromatic N) is 5. The molecule has 1 fully saturated rings. The third kappa shape index (κ3) is 1.73. The van der Waals surface area contributed by atoms with Crippen molar-refractivity contribution < 1.29 is 0 Å². The Labute approximate surface area is 120 Å². The molecule has 0 radical (unpaired) electrons. The van der Waals surface area contributed by atoms with Gasteiger partial charge in [0.2, 0.25) is 5.95 Å². The van der Waals surface area contributed by atoms with E-state index in [9.17, 15) is 0 Å². The van der Waals surface area contributed by atoms with Gasteiger partial charge < -0.3 is 9.47 Å². The summed E-state index contributed by atoms with van der Waals surface area (Å²) in [6.45, 7) is 5.22. The number of anilines is 1. The molecule has 2 aromatic rings. The fraction of sp³-hybridized carbons (Fsp3) is 0.538. The number of hydrogen-bond donors (Lipinski definition) is 0. The smallest absolute Gasteiger partial charge is 0.207 e. The van der Waals surface area contributed by atoms with Crippen LogP contribution >= 0.6 is 15.9 Å². The summed E-state index contributed by atoms with van der Waals surface area (Å²) >= 11 is 3.68. The highest BCUT2D eigenvalue weighted by Crippen LogP contribution is 2.37. The van der Waals surface area contributed by atoms with E-state index in [4.69, 9.17) is 4.98 Å². The van der Waals surface area contributed by atoms with E-state index in [0.717, 1.165) is 41.6 Å². The molecule has 1 aliphatic carbocycles. The van der Waals surface area contributed by atoms with Crippen molar-refractivity contribution in [1.29, 1.82) is 0 Å². The molecule has 6 heteroatoms. The Morgan fingerprint density at radius 1 is 1.37 bits per heavy atom. The first-order valence-electron chi connectivity index (χ1n) is 6.84. The largest absolute Gasteiger partial charge is 0.341 e. The molecule has 0 aromatic carbocycles. The second-order valence-corrected chi connectivity index (χ2v) is 5.95. The van der Waals surface area contributed by atoms with Gasteiger partial charge in [-0.25, -0.2) is 4.98 Å². The van der Waals surface area contributed by atoms with E-state index in [1.54, 1.807) is 0 Å². The molecule has 100 valence electrons. The molecule has 0 N–H and O–H groups in total. The predicted octanol–water partition coefficient (Wildman–Crippen LogP) is 2.68. The highest BCUT2D eigenvalue weighted by Gasteiger charge is 2.28. The fourth-order valence-electron chi connectivity index (χ4n) is 2.65. The highest BCUT2D eigenvalue weighted by molar-refractivity contribution is 9.10. The van der Waals surface area contributed by atoms with Crippen LogP contribution in [0, 0.1) is 0 Å². The SMILES string of the molecule is CCN1CCn2c1nc(-c1ccn(C3CC3)n1)c2Br. The van der Waals surface area contributed by atoms with Crippen LogP contribution in [-0.2, 0) is 6.54 Å². The molecule has 5 nitrogen and oxygen atoms in total. The average Bonchev–Trinajstić information content (AvgIpc) is 2.88.